The number of rotatable bonds is 8. The van der Waals surface area contributed by atoms with Gasteiger partial charge in [0.1, 0.15) is 5.82 Å². The zero-order valence-corrected chi connectivity index (χ0v) is 16.5. The quantitative estimate of drug-likeness (QED) is 0.401. The van der Waals surface area contributed by atoms with Crippen molar-refractivity contribution in [2.45, 2.75) is 19.1 Å². The van der Waals surface area contributed by atoms with E-state index in [4.69, 9.17) is 4.52 Å². The van der Waals surface area contributed by atoms with Crippen LogP contribution >= 0.6 is 0 Å². The molecule has 1 amide bonds. The molecule has 10 heteroatoms. The number of hydrogen-bond donors (Lipinski definition) is 4. The predicted octanol–water partition coefficient (Wildman–Crippen LogP) is 1.76. The van der Waals surface area contributed by atoms with Gasteiger partial charge in [-0.1, -0.05) is 42.5 Å². The van der Waals surface area contributed by atoms with Crippen LogP contribution in [0.5, 0.6) is 0 Å². The summed E-state index contributed by atoms with van der Waals surface area (Å²) in [6, 6.07) is 14.0. The fourth-order valence-corrected chi connectivity index (χ4v) is 2.87. The van der Waals surface area contributed by atoms with Gasteiger partial charge < -0.3 is 14.7 Å². The van der Waals surface area contributed by atoms with Crippen LogP contribution in [0.15, 0.2) is 63.9 Å². The van der Waals surface area contributed by atoms with Crippen LogP contribution < -0.4 is 11.0 Å². The summed E-state index contributed by atoms with van der Waals surface area (Å²) < 4.78 is 18.7. The van der Waals surface area contributed by atoms with Gasteiger partial charge in [0.25, 0.3) is 5.56 Å². The van der Waals surface area contributed by atoms with Crippen LogP contribution in [-0.2, 0) is 11.3 Å². The van der Waals surface area contributed by atoms with Gasteiger partial charge in [-0.15, -0.1) is 0 Å². The number of hydrogen-bond acceptors (Lipinski definition) is 6. The molecule has 3 aromatic rings. The van der Waals surface area contributed by atoms with E-state index in [9.17, 15) is 29.0 Å². The number of carbonyl (C=O) groups is 2. The molecule has 3 rings (SSSR count). The molecule has 162 valence electrons. The van der Waals surface area contributed by atoms with Crippen LogP contribution in [0.4, 0.5) is 4.39 Å². The second kappa shape index (κ2) is 8.94. The molecule has 0 aliphatic carbocycles. The number of nitrogens with one attached hydrogen (secondary N) is 2. The molecule has 1 heterocycles. The van der Waals surface area contributed by atoms with Crippen molar-refractivity contribution in [1.29, 1.82) is 0 Å². The zero-order chi connectivity index (χ0) is 22.6. The van der Waals surface area contributed by atoms with E-state index in [1.165, 1.54) is 11.1 Å². The lowest BCUT2D eigenvalue weighted by atomic mass is 10.0. The zero-order valence-electron chi connectivity index (χ0n) is 16.5. The predicted molar refractivity (Wildman–Crippen MR) is 107 cm³/mol. The first-order valence-electron chi connectivity index (χ1n) is 9.20. The molecule has 0 aliphatic heterocycles. The minimum atomic E-state index is -2.17. The number of aliphatic carboxylic acids is 1. The Morgan fingerprint density at radius 3 is 2.45 bits per heavy atom. The molecule has 31 heavy (non-hydrogen) atoms. The molecule has 1 unspecified atom stereocenters. The molecule has 4 N–H and O–H groups in total. The Bertz CT molecular complexity index is 1140. The number of amides is 1. The Hall–Kier alpha value is -3.76. The number of carboxylic acid groups (broad SMARTS) is 1. The fourth-order valence-electron chi connectivity index (χ4n) is 2.87. The number of carbonyl (C=O) groups excluding carboxylic acids is 1. The summed E-state index contributed by atoms with van der Waals surface area (Å²) in [4.78, 5) is 34.8. The normalized spacial score (nSPS) is 13.0. The van der Waals surface area contributed by atoms with Crippen molar-refractivity contribution in [1.82, 2.24) is 15.6 Å². The van der Waals surface area contributed by atoms with Crippen LogP contribution in [0.2, 0.25) is 0 Å². The third-order valence-electron chi connectivity index (χ3n) is 4.48. The average Bonchev–Trinajstić information content (AvgIpc) is 3.15. The molecule has 0 aliphatic rings. The molecule has 2 aromatic carbocycles. The fraction of sp³-hybridized carbons (Fsp3) is 0.190. The SMILES string of the molecule is CC(O)(CN(Cc1ccc(-c2ccccc2F)cc1)NC(=O)c1cc(=O)[nH]o1)C(=O)O. The highest BCUT2D eigenvalue weighted by atomic mass is 19.1. The number of aliphatic hydroxyl groups is 1. The largest absolute Gasteiger partial charge is 0.479 e. The lowest BCUT2D eigenvalue weighted by Gasteiger charge is -2.28. The Balaban J connectivity index is 1.80. The lowest BCUT2D eigenvalue weighted by molar-refractivity contribution is -0.159. The van der Waals surface area contributed by atoms with Crippen LogP contribution in [0.1, 0.15) is 23.0 Å². The molecule has 0 saturated heterocycles. The Morgan fingerprint density at radius 1 is 1.19 bits per heavy atom. The third kappa shape index (κ3) is 5.44. The molecule has 0 spiro atoms. The molecule has 9 nitrogen and oxygen atoms in total. The highest BCUT2D eigenvalue weighted by Gasteiger charge is 2.33. The second-order valence-electron chi connectivity index (χ2n) is 7.13. The van der Waals surface area contributed by atoms with Gasteiger partial charge in [0.2, 0.25) is 5.76 Å². The summed E-state index contributed by atoms with van der Waals surface area (Å²) in [5.74, 6) is -2.95. The summed E-state index contributed by atoms with van der Waals surface area (Å²) in [5.41, 5.74) is 1.36. The molecule has 1 atom stereocenters. The van der Waals surface area contributed by atoms with Crippen molar-refractivity contribution in [3.8, 4) is 11.1 Å². The molecule has 0 saturated carbocycles. The average molecular weight is 429 g/mol. The maximum absolute atomic E-state index is 14.0. The molecule has 0 bridgehead atoms. The van der Waals surface area contributed by atoms with Crippen LogP contribution in [-0.4, -0.2) is 44.4 Å². The van der Waals surface area contributed by atoms with Crippen molar-refractivity contribution >= 4 is 11.9 Å². The van der Waals surface area contributed by atoms with E-state index >= 15 is 0 Å². The first-order valence-corrected chi connectivity index (χ1v) is 9.20. The van der Waals surface area contributed by atoms with E-state index in [0.29, 0.717) is 16.7 Å². The van der Waals surface area contributed by atoms with E-state index in [0.717, 1.165) is 13.0 Å². The summed E-state index contributed by atoms with van der Waals surface area (Å²) in [7, 11) is 0. The van der Waals surface area contributed by atoms with Gasteiger partial charge in [-0.3, -0.25) is 15.0 Å². The molecular weight excluding hydrogens is 409 g/mol. The molecule has 1 aromatic heterocycles. The molecule has 0 fully saturated rings. The number of hydrazine groups is 1. The highest BCUT2D eigenvalue weighted by Crippen LogP contribution is 2.23. The van der Waals surface area contributed by atoms with Crippen molar-refractivity contribution in [3.63, 3.8) is 0 Å². The van der Waals surface area contributed by atoms with Gasteiger partial charge in [0.05, 0.1) is 12.6 Å². The second-order valence-corrected chi connectivity index (χ2v) is 7.13. The van der Waals surface area contributed by atoms with Gasteiger partial charge >= 0.3 is 11.9 Å². The lowest BCUT2D eigenvalue weighted by Crippen LogP contribution is -2.52. The van der Waals surface area contributed by atoms with Gasteiger partial charge in [-0.2, -0.15) is 5.16 Å². The maximum Gasteiger partial charge on any atom is 0.336 e. The van der Waals surface area contributed by atoms with Crippen LogP contribution in [0.3, 0.4) is 0 Å². The Kier molecular flexibility index (Phi) is 6.33. The Morgan fingerprint density at radius 2 is 1.87 bits per heavy atom. The first kappa shape index (κ1) is 21.9. The number of carboxylic acids is 1. The van der Waals surface area contributed by atoms with Crippen molar-refractivity contribution in [2.75, 3.05) is 6.54 Å². The monoisotopic (exact) mass is 429 g/mol. The minimum absolute atomic E-state index is 0.0153. The number of benzene rings is 2. The van der Waals surface area contributed by atoms with E-state index in [1.54, 1.807) is 42.5 Å². The number of aromatic nitrogens is 1. The number of halogens is 1. The summed E-state index contributed by atoms with van der Waals surface area (Å²) >= 11 is 0. The number of H-pyrrole nitrogens is 1. The summed E-state index contributed by atoms with van der Waals surface area (Å²) in [6.45, 7) is 0.644. The van der Waals surface area contributed by atoms with Gasteiger partial charge in [0, 0.05) is 12.1 Å². The molecular formula is C21H20FN3O6. The third-order valence-corrected chi connectivity index (χ3v) is 4.48. The molecule has 0 radical (unpaired) electrons. The van der Waals surface area contributed by atoms with E-state index in [-0.39, 0.29) is 18.1 Å². The van der Waals surface area contributed by atoms with E-state index in [1.807, 2.05) is 5.16 Å². The van der Waals surface area contributed by atoms with Crippen molar-refractivity contribution in [2.24, 2.45) is 0 Å². The first-order chi connectivity index (χ1) is 14.7. The van der Waals surface area contributed by atoms with Gasteiger partial charge in [-0.05, 0) is 24.1 Å². The standard InChI is InChI=1S/C21H20FN3O6/c1-21(30,20(28)29)12-25(23-19(27)17-10-18(26)24-31-17)11-13-6-8-14(9-7-13)15-4-2-3-5-16(15)22/h2-10,30H,11-12H2,1H3,(H,23,27)(H,24,26)(H,28,29). The Labute approximate surface area is 175 Å². The van der Waals surface area contributed by atoms with Gasteiger partial charge in [-0.25, -0.2) is 14.2 Å². The number of nitrogens with zero attached hydrogens (tertiary/aromatic N) is 1. The highest BCUT2D eigenvalue weighted by molar-refractivity contribution is 5.90. The smallest absolute Gasteiger partial charge is 0.336 e. The summed E-state index contributed by atoms with van der Waals surface area (Å²) in [6.07, 6.45) is 0. The van der Waals surface area contributed by atoms with Gasteiger partial charge in [0.15, 0.2) is 5.60 Å². The summed E-state index contributed by atoms with van der Waals surface area (Å²) in [5, 5.41) is 22.5. The number of aromatic amines is 1. The topological polar surface area (TPSA) is 136 Å². The van der Waals surface area contributed by atoms with E-state index < -0.39 is 29.6 Å². The van der Waals surface area contributed by atoms with Crippen LogP contribution in [0, 0.1) is 5.82 Å². The van der Waals surface area contributed by atoms with Crippen molar-refractivity contribution < 1.29 is 28.7 Å². The van der Waals surface area contributed by atoms with Crippen LogP contribution in [0.25, 0.3) is 11.1 Å². The van der Waals surface area contributed by atoms with E-state index in [2.05, 4.69) is 5.43 Å². The minimum Gasteiger partial charge on any atom is -0.479 e. The maximum atomic E-state index is 14.0. The van der Waals surface area contributed by atoms with Crippen molar-refractivity contribution in [3.05, 3.63) is 82.1 Å².